The molecule has 1 aliphatic carbocycles. The highest BCUT2D eigenvalue weighted by molar-refractivity contribution is 4.87. The first-order chi connectivity index (χ1) is 8.72. The molecule has 1 nitrogen and oxygen atoms in total. The third kappa shape index (κ3) is 5.73. The van der Waals surface area contributed by atoms with E-state index in [-0.39, 0.29) is 0 Å². The molecule has 1 N–H and O–H groups in total. The summed E-state index contributed by atoms with van der Waals surface area (Å²) < 4.78 is 0. The number of unbranched alkanes of at least 4 members (excludes halogenated alkanes) is 1. The SMILES string of the molecule is CCCCC(CC)CC(NCCC)C(C)C1CC1. The summed E-state index contributed by atoms with van der Waals surface area (Å²) in [5.74, 6) is 2.87. The first kappa shape index (κ1) is 16.0. The average Bonchev–Trinajstić information content (AvgIpc) is 3.21. The van der Waals surface area contributed by atoms with E-state index in [2.05, 4.69) is 33.0 Å². The number of nitrogens with one attached hydrogen (secondary N) is 1. The molecule has 0 heterocycles. The van der Waals surface area contributed by atoms with Crippen LogP contribution in [0.1, 0.15) is 79.1 Å². The van der Waals surface area contributed by atoms with Crippen LogP contribution in [0, 0.1) is 17.8 Å². The summed E-state index contributed by atoms with van der Waals surface area (Å²) in [5.41, 5.74) is 0. The van der Waals surface area contributed by atoms with E-state index >= 15 is 0 Å². The molecule has 0 spiro atoms. The Bertz CT molecular complexity index is 198. The molecule has 0 aromatic carbocycles. The molecule has 0 aromatic heterocycles. The van der Waals surface area contributed by atoms with E-state index in [1.165, 1.54) is 57.9 Å². The fourth-order valence-corrected chi connectivity index (χ4v) is 3.10. The molecule has 1 fully saturated rings. The summed E-state index contributed by atoms with van der Waals surface area (Å²) in [6.07, 6.45) is 11.2. The van der Waals surface area contributed by atoms with Crippen molar-refractivity contribution in [3.63, 3.8) is 0 Å². The number of rotatable bonds is 11. The molecule has 0 saturated heterocycles. The van der Waals surface area contributed by atoms with Gasteiger partial charge in [-0.15, -0.1) is 0 Å². The van der Waals surface area contributed by atoms with Gasteiger partial charge in [-0.2, -0.15) is 0 Å². The van der Waals surface area contributed by atoms with Crippen molar-refractivity contribution >= 4 is 0 Å². The molecule has 0 aromatic rings. The fourth-order valence-electron chi connectivity index (χ4n) is 3.10. The minimum atomic E-state index is 0.777. The zero-order valence-electron chi connectivity index (χ0n) is 13.2. The molecule has 0 aliphatic heterocycles. The minimum absolute atomic E-state index is 0.777. The van der Waals surface area contributed by atoms with E-state index in [4.69, 9.17) is 0 Å². The van der Waals surface area contributed by atoms with Crippen LogP contribution in [-0.2, 0) is 0 Å². The van der Waals surface area contributed by atoms with E-state index in [0.29, 0.717) is 0 Å². The third-order valence-electron chi connectivity index (χ3n) is 4.79. The Labute approximate surface area is 115 Å². The van der Waals surface area contributed by atoms with Crippen LogP contribution < -0.4 is 5.32 Å². The molecule has 0 bridgehead atoms. The number of hydrogen-bond donors (Lipinski definition) is 1. The van der Waals surface area contributed by atoms with Crippen LogP contribution in [0.15, 0.2) is 0 Å². The summed E-state index contributed by atoms with van der Waals surface area (Å²) in [6, 6.07) is 0.777. The molecule has 3 atom stereocenters. The third-order valence-corrected chi connectivity index (χ3v) is 4.79. The van der Waals surface area contributed by atoms with Gasteiger partial charge in [0.15, 0.2) is 0 Å². The Morgan fingerprint density at radius 1 is 1.11 bits per heavy atom. The lowest BCUT2D eigenvalue weighted by molar-refractivity contribution is 0.268. The molecule has 3 unspecified atom stereocenters. The van der Waals surface area contributed by atoms with Crippen LogP contribution in [0.5, 0.6) is 0 Å². The molecule has 1 saturated carbocycles. The molecule has 0 amide bonds. The van der Waals surface area contributed by atoms with E-state index in [9.17, 15) is 0 Å². The van der Waals surface area contributed by atoms with Gasteiger partial charge in [-0.25, -0.2) is 0 Å². The topological polar surface area (TPSA) is 12.0 Å². The van der Waals surface area contributed by atoms with Gasteiger partial charge in [-0.1, -0.05) is 53.4 Å². The monoisotopic (exact) mass is 253 g/mol. The summed E-state index contributed by atoms with van der Waals surface area (Å²) in [6.45, 7) is 10.6. The Balaban J connectivity index is 2.41. The molecular weight excluding hydrogens is 218 g/mol. The second-order valence-electron chi connectivity index (χ2n) is 6.41. The van der Waals surface area contributed by atoms with E-state index in [1.54, 1.807) is 0 Å². The summed E-state index contributed by atoms with van der Waals surface area (Å²) in [7, 11) is 0. The van der Waals surface area contributed by atoms with Gasteiger partial charge in [-0.3, -0.25) is 0 Å². The van der Waals surface area contributed by atoms with Gasteiger partial charge >= 0.3 is 0 Å². The van der Waals surface area contributed by atoms with Crippen LogP contribution >= 0.6 is 0 Å². The fraction of sp³-hybridized carbons (Fsp3) is 1.00. The van der Waals surface area contributed by atoms with Crippen molar-refractivity contribution < 1.29 is 0 Å². The predicted molar refractivity (Wildman–Crippen MR) is 81.9 cm³/mol. The maximum absolute atomic E-state index is 3.83. The molecule has 1 heteroatoms. The predicted octanol–water partition coefficient (Wildman–Crippen LogP) is 5.01. The van der Waals surface area contributed by atoms with Gasteiger partial charge in [0.1, 0.15) is 0 Å². The highest BCUT2D eigenvalue weighted by Crippen LogP contribution is 2.39. The van der Waals surface area contributed by atoms with Crippen molar-refractivity contribution in [2.75, 3.05) is 6.54 Å². The quantitative estimate of drug-likeness (QED) is 0.546. The van der Waals surface area contributed by atoms with Crippen molar-refractivity contribution in [1.29, 1.82) is 0 Å². The van der Waals surface area contributed by atoms with Crippen LogP contribution in [0.25, 0.3) is 0 Å². The Hall–Kier alpha value is -0.0400. The van der Waals surface area contributed by atoms with Crippen molar-refractivity contribution in [2.45, 2.75) is 85.1 Å². The first-order valence-electron chi connectivity index (χ1n) is 8.46. The van der Waals surface area contributed by atoms with Gasteiger partial charge in [0, 0.05) is 6.04 Å². The van der Waals surface area contributed by atoms with Crippen LogP contribution in [0.4, 0.5) is 0 Å². The van der Waals surface area contributed by atoms with E-state index in [1.807, 2.05) is 0 Å². The normalized spacial score (nSPS) is 20.7. The Morgan fingerprint density at radius 2 is 1.83 bits per heavy atom. The largest absolute Gasteiger partial charge is 0.314 e. The van der Waals surface area contributed by atoms with Crippen LogP contribution in [0.2, 0.25) is 0 Å². The first-order valence-corrected chi connectivity index (χ1v) is 8.46. The summed E-state index contributed by atoms with van der Waals surface area (Å²) in [4.78, 5) is 0. The minimum Gasteiger partial charge on any atom is -0.314 e. The lowest BCUT2D eigenvalue weighted by atomic mass is 9.85. The van der Waals surface area contributed by atoms with Crippen molar-refractivity contribution in [3.8, 4) is 0 Å². The average molecular weight is 253 g/mol. The molecule has 0 radical (unpaired) electrons. The maximum Gasteiger partial charge on any atom is 0.00979 e. The zero-order valence-corrected chi connectivity index (χ0v) is 13.2. The Morgan fingerprint density at radius 3 is 2.33 bits per heavy atom. The second-order valence-corrected chi connectivity index (χ2v) is 6.41. The van der Waals surface area contributed by atoms with Gasteiger partial charge < -0.3 is 5.32 Å². The van der Waals surface area contributed by atoms with Gasteiger partial charge in [0.25, 0.3) is 0 Å². The lowest BCUT2D eigenvalue weighted by Crippen LogP contribution is -2.38. The standard InChI is InChI=1S/C17H35N/c1-5-8-9-15(7-3)13-17(18-12-6-2)14(4)16-10-11-16/h14-18H,5-13H2,1-4H3. The molecule has 1 rings (SSSR count). The van der Waals surface area contributed by atoms with Crippen LogP contribution in [-0.4, -0.2) is 12.6 Å². The summed E-state index contributed by atoms with van der Waals surface area (Å²) >= 11 is 0. The Kier molecular flexibility index (Phi) is 7.97. The highest BCUT2D eigenvalue weighted by atomic mass is 14.9. The molecule has 1 aliphatic rings. The van der Waals surface area contributed by atoms with Gasteiger partial charge in [0.05, 0.1) is 0 Å². The van der Waals surface area contributed by atoms with Gasteiger partial charge in [-0.05, 0) is 50.0 Å². The highest BCUT2D eigenvalue weighted by Gasteiger charge is 2.33. The smallest absolute Gasteiger partial charge is 0.00979 e. The van der Waals surface area contributed by atoms with E-state index < -0.39 is 0 Å². The zero-order chi connectivity index (χ0) is 13.4. The van der Waals surface area contributed by atoms with Crippen LogP contribution in [0.3, 0.4) is 0 Å². The molecule has 18 heavy (non-hydrogen) atoms. The van der Waals surface area contributed by atoms with E-state index in [0.717, 1.165) is 23.8 Å². The maximum atomic E-state index is 3.83. The number of hydrogen-bond acceptors (Lipinski definition) is 1. The second kappa shape index (κ2) is 8.96. The lowest BCUT2D eigenvalue weighted by Gasteiger charge is -2.29. The van der Waals surface area contributed by atoms with Crippen molar-refractivity contribution in [3.05, 3.63) is 0 Å². The molecule has 108 valence electrons. The van der Waals surface area contributed by atoms with Crippen molar-refractivity contribution in [2.24, 2.45) is 17.8 Å². The van der Waals surface area contributed by atoms with Gasteiger partial charge in [0.2, 0.25) is 0 Å². The summed E-state index contributed by atoms with van der Waals surface area (Å²) in [5, 5.41) is 3.83. The molecular formula is C17H35N. The van der Waals surface area contributed by atoms with Crippen molar-refractivity contribution in [1.82, 2.24) is 5.32 Å².